The average molecular weight is 192 g/mol. The van der Waals surface area contributed by atoms with Crippen LogP contribution in [0.2, 0.25) is 0 Å². The maximum Gasteiger partial charge on any atom is 0.164 e. The minimum absolute atomic E-state index is 0.196. The first-order valence-corrected chi connectivity index (χ1v) is 5.39. The monoisotopic (exact) mass is 192 g/mol. The van der Waals surface area contributed by atoms with Gasteiger partial charge < -0.3 is 0 Å². The average Bonchev–Trinajstić information content (AvgIpc) is 2.10. The summed E-state index contributed by atoms with van der Waals surface area (Å²) in [6.07, 6.45) is 7.48. The lowest BCUT2D eigenvalue weighted by atomic mass is 9.74. The van der Waals surface area contributed by atoms with Gasteiger partial charge in [0.1, 0.15) is 0 Å². The Balaban J connectivity index is 2.91. The summed E-state index contributed by atoms with van der Waals surface area (Å²) in [4.78, 5) is 11.8. The van der Waals surface area contributed by atoms with Crippen LogP contribution < -0.4 is 0 Å². The topological polar surface area (TPSA) is 17.1 Å². The number of hydrogen-bond acceptors (Lipinski definition) is 1. The molecule has 0 saturated heterocycles. The van der Waals surface area contributed by atoms with Gasteiger partial charge in [0, 0.05) is 5.41 Å². The molecule has 1 heteroatoms. The molecule has 0 radical (unpaired) electrons. The predicted molar refractivity (Wildman–Crippen MR) is 60.2 cm³/mol. The summed E-state index contributed by atoms with van der Waals surface area (Å²) in [5.41, 5.74) is 2.04. The second-order valence-electron chi connectivity index (χ2n) is 4.78. The zero-order valence-electron chi connectivity index (χ0n) is 9.68. The van der Waals surface area contributed by atoms with Crippen molar-refractivity contribution in [3.8, 4) is 0 Å². The second kappa shape index (κ2) is 4.12. The van der Waals surface area contributed by atoms with Crippen molar-refractivity contribution in [3.63, 3.8) is 0 Å². The normalized spacial score (nSPS) is 23.9. The van der Waals surface area contributed by atoms with E-state index >= 15 is 0 Å². The van der Waals surface area contributed by atoms with Crippen molar-refractivity contribution < 1.29 is 4.79 Å². The van der Waals surface area contributed by atoms with Gasteiger partial charge in [-0.15, -0.1) is 0 Å². The van der Waals surface area contributed by atoms with Gasteiger partial charge in [0.2, 0.25) is 0 Å². The minimum atomic E-state index is -0.196. The van der Waals surface area contributed by atoms with Crippen LogP contribution in [0.4, 0.5) is 0 Å². The van der Waals surface area contributed by atoms with Crippen LogP contribution in [0, 0.1) is 5.41 Å². The molecular weight excluding hydrogens is 172 g/mol. The summed E-state index contributed by atoms with van der Waals surface area (Å²) in [7, 11) is 0. The first-order chi connectivity index (χ1) is 6.47. The third-order valence-electron chi connectivity index (χ3n) is 2.72. The van der Waals surface area contributed by atoms with Crippen molar-refractivity contribution in [2.45, 2.75) is 47.0 Å². The molecule has 78 valence electrons. The molecule has 0 atom stereocenters. The number of hydrogen-bond donors (Lipinski definition) is 0. The van der Waals surface area contributed by atoms with Gasteiger partial charge >= 0.3 is 0 Å². The van der Waals surface area contributed by atoms with E-state index in [1.807, 2.05) is 26.8 Å². The van der Waals surface area contributed by atoms with Gasteiger partial charge in [-0.1, -0.05) is 44.9 Å². The van der Waals surface area contributed by atoms with Gasteiger partial charge in [-0.25, -0.2) is 0 Å². The van der Waals surface area contributed by atoms with Crippen LogP contribution in [-0.4, -0.2) is 5.78 Å². The molecule has 0 saturated carbocycles. The predicted octanol–water partition coefficient (Wildman–Crippen LogP) is 3.66. The number of allylic oxidation sites excluding steroid dienone is 4. The molecule has 0 unspecified atom stereocenters. The van der Waals surface area contributed by atoms with Crippen LogP contribution in [0.25, 0.3) is 0 Å². The molecule has 0 fully saturated rings. The van der Waals surface area contributed by atoms with E-state index in [0.29, 0.717) is 5.78 Å². The molecular formula is C13H20O. The lowest BCUT2D eigenvalue weighted by Gasteiger charge is -2.28. The molecule has 0 bridgehead atoms. The largest absolute Gasteiger partial charge is 0.294 e. The van der Waals surface area contributed by atoms with Gasteiger partial charge in [0.05, 0.1) is 0 Å². The van der Waals surface area contributed by atoms with Crippen LogP contribution in [0.1, 0.15) is 47.0 Å². The lowest BCUT2D eigenvalue weighted by molar-refractivity contribution is -0.123. The summed E-state index contributed by atoms with van der Waals surface area (Å²) < 4.78 is 0. The molecule has 0 aromatic rings. The Morgan fingerprint density at radius 3 is 2.64 bits per heavy atom. The maximum atomic E-state index is 11.8. The van der Waals surface area contributed by atoms with E-state index in [9.17, 15) is 4.79 Å². The number of unbranched alkanes of at least 4 members (excludes halogenated alkanes) is 1. The highest BCUT2D eigenvalue weighted by Gasteiger charge is 2.32. The minimum Gasteiger partial charge on any atom is -0.294 e. The highest BCUT2D eigenvalue weighted by Crippen LogP contribution is 2.34. The summed E-state index contributed by atoms with van der Waals surface area (Å²) in [5.74, 6) is 0.297. The highest BCUT2D eigenvalue weighted by molar-refractivity contribution is 6.00. The third kappa shape index (κ3) is 2.34. The summed E-state index contributed by atoms with van der Waals surface area (Å²) in [6, 6.07) is 0. The lowest BCUT2D eigenvalue weighted by Crippen LogP contribution is -2.28. The molecule has 1 rings (SSSR count). The second-order valence-corrected chi connectivity index (χ2v) is 4.78. The zero-order valence-corrected chi connectivity index (χ0v) is 9.68. The van der Waals surface area contributed by atoms with Crippen molar-refractivity contribution in [3.05, 3.63) is 23.3 Å². The fraction of sp³-hybridized carbons (Fsp3) is 0.615. The highest BCUT2D eigenvalue weighted by atomic mass is 16.1. The van der Waals surface area contributed by atoms with Crippen molar-refractivity contribution in [2.24, 2.45) is 5.41 Å². The smallest absolute Gasteiger partial charge is 0.164 e. The Labute approximate surface area is 86.9 Å². The van der Waals surface area contributed by atoms with Gasteiger partial charge in [-0.2, -0.15) is 0 Å². The Morgan fingerprint density at radius 1 is 1.50 bits per heavy atom. The van der Waals surface area contributed by atoms with Crippen molar-refractivity contribution in [1.82, 2.24) is 0 Å². The SMILES string of the molecule is CCC/C=C1/C=C(C)C(=O)C(C)(C)C1. The van der Waals surface area contributed by atoms with Crippen molar-refractivity contribution in [1.29, 1.82) is 0 Å². The number of carbonyl (C=O) groups is 1. The molecule has 1 aliphatic carbocycles. The van der Waals surface area contributed by atoms with Crippen molar-refractivity contribution >= 4 is 5.78 Å². The van der Waals surface area contributed by atoms with E-state index in [4.69, 9.17) is 0 Å². The summed E-state index contributed by atoms with van der Waals surface area (Å²) in [5, 5.41) is 0. The van der Waals surface area contributed by atoms with E-state index in [2.05, 4.69) is 13.0 Å². The number of Topliss-reactive ketones (excluding diaryl/α,β-unsaturated/α-hetero) is 1. The quantitative estimate of drug-likeness (QED) is 0.652. The molecule has 1 aliphatic rings. The standard InChI is InChI=1S/C13H20O/c1-5-6-7-11-8-10(2)12(14)13(3,4)9-11/h7-8H,5-6,9H2,1-4H3/b11-7-. The fourth-order valence-corrected chi connectivity index (χ4v) is 1.98. The van der Waals surface area contributed by atoms with Gasteiger partial charge in [-0.05, 0) is 25.3 Å². The molecule has 14 heavy (non-hydrogen) atoms. The molecule has 0 heterocycles. The Bertz CT molecular complexity index is 292. The summed E-state index contributed by atoms with van der Waals surface area (Å²) in [6.45, 7) is 8.16. The Hall–Kier alpha value is -0.850. The van der Waals surface area contributed by atoms with Gasteiger partial charge in [0.15, 0.2) is 5.78 Å². The van der Waals surface area contributed by atoms with Crippen LogP contribution in [0.15, 0.2) is 23.3 Å². The van der Waals surface area contributed by atoms with E-state index in [-0.39, 0.29) is 5.41 Å². The van der Waals surface area contributed by atoms with E-state index in [0.717, 1.165) is 18.4 Å². The third-order valence-corrected chi connectivity index (χ3v) is 2.72. The number of carbonyl (C=O) groups excluding carboxylic acids is 1. The van der Waals surface area contributed by atoms with Gasteiger partial charge in [-0.3, -0.25) is 4.79 Å². The Morgan fingerprint density at radius 2 is 2.14 bits per heavy atom. The molecule has 0 N–H and O–H groups in total. The fourth-order valence-electron chi connectivity index (χ4n) is 1.98. The maximum absolute atomic E-state index is 11.8. The summed E-state index contributed by atoms with van der Waals surface area (Å²) >= 11 is 0. The first kappa shape index (κ1) is 11.2. The molecule has 0 aliphatic heterocycles. The van der Waals surface area contributed by atoms with Crippen LogP contribution in [-0.2, 0) is 4.79 Å². The molecule has 0 aromatic heterocycles. The van der Waals surface area contributed by atoms with E-state index < -0.39 is 0 Å². The molecule has 1 nitrogen and oxygen atoms in total. The number of rotatable bonds is 2. The van der Waals surface area contributed by atoms with Crippen LogP contribution in [0.5, 0.6) is 0 Å². The van der Waals surface area contributed by atoms with Crippen LogP contribution >= 0.6 is 0 Å². The Kier molecular flexibility index (Phi) is 3.30. The molecule has 0 amide bonds. The number of ketones is 1. The molecule has 0 spiro atoms. The van der Waals surface area contributed by atoms with Crippen LogP contribution in [0.3, 0.4) is 0 Å². The van der Waals surface area contributed by atoms with E-state index in [1.165, 1.54) is 12.0 Å². The zero-order chi connectivity index (χ0) is 10.8. The van der Waals surface area contributed by atoms with Gasteiger partial charge in [0.25, 0.3) is 0 Å². The molecule has 0 aromatic carbocycles. The van der Waals surface area contributed by atoms with Crippen molar-refractivity contribution in [2.75, 3.05) is 0 Å². The van der Waals surface area contributed by atoms with E-state index in [1.54, 1.807) is 0 Å². The first-order valence-electron chi connectivity index (χ1n) is 5.39.